The summed E-state index contributed by atoms with van der Waals surface area (Å²) in [5, 5.41) is 6.14. The molecule has 0 saturated carbocycles. The zero-order chi connectivity index (χ0) is 15.5. The van der Waals surface area contributed by atoms with E-state index in [1.807, 2.05) is 17.9 Å². The molecule has 1 atom stereocenters. The number of carbonyl (C=O) groups excluding carboxylic acids is 2. The highest BCUT2D eigenvalue weighted by atomic mass is 16.2. The molecule has 2 saturated heterocycles. The molecule has 22 heavy (non-hydrogen) atoms. The van der Waals surface area contributed by atoms with Crippen molar-refractivity contribution >= 4 is 17.6 Å². The second kappa shape index (κ2) is 6.29. The van der Waals surface area contributed by atoms with Gasteiger partial charge < -0.3 is 15.5 Å². The van der Waals surface area contributed by atoms with Crippen LogP contribution in [0, 0.1) is 6.92 Å². The minimum atomic E-state index is -0.318. The number of likely N-dealkylation sites (tertiary alicyclic amines) is 1. The van der Waals surface area contributed by atoms with Crippen molar-refractivity contribution in [1.29, 1.82) is 0 Å². The van der Waals surface area contributed by atoms with E-state index >= 15 is 0 Å². The van der Waals surface area contributed by atoms with E-state index in [0.717, 1.165) is 24.4 Å². The van der Waals surface area contributed by atoms with Crippen LogP contribution in [0.4, 0.5) is 5.82 Å². The molecule has 0 aliphatic carbocycles. The smallest absolute Gasteiger partial charge is 0.245 e. The van der Waals surface area contributed by atoms with E-state index in [1.54, 1.807) is 6.33 Å². The van der Waals surface area contributed by atoms with Crippen LogP contribution in [0.5, 0.6) is 0 Å². The Labute approximate surface area is 129 Å². The Hall–Kier alpha value is -2.18. The molecule has 2 amide bonds. The lowest BCUT2D eigenvalue weighted by Crippen LogP contribution is -2.49. The molecule has 2 fully saturated rings. The van der Waals surface area contributed by atoms with Crippen LogP contribution >= 0.6 is 0 Å². The fourth-order valence-corrected chi connectivity index (χ4v) is 3.01. The second-order valence-electron chi connectivity index (χ2n) is 5.95. The number of nitrogens with zero attached hydrogens (tertiary/aromatic N) is 3. The fraction of sp³-hybridized carbons (Fsp3) is 0.600. The summed E-state index contributed by atoms with van der Waals surface area (Å²) in [6.07, 6.45) is 4.40. The molecule has 2 aliphatic rings. The van der Waals surface area contributed by atoms with E-state index in [-0.39, 0.29) is 17.9 Å². The third-order valence-corrected chi connectivity index (χ3v) is 4.26. The molecule has 0 radical (unpaired) electrons. The van der Waals surface area contributed by atoms with Crippen molar-refractivity contribution < 1.29 is 9.59 Å². The van der Waals surface area contributed by atoms with Gasteiger partial charge in [-0.25, -0.2) is 9.97 Å². The van der Waals surface area contributed by atoms with Crippen molar-refractivity contribution in [3.05, 3.63) is 18.1 Å². The second-order valence-corrected chi connectivity index (χ2v) is 5.95. The van der Waals surface area contributed by atoms with Crippen molar-refractivity contribution in [2.45, 2.75) is 44.7 Å². The van der Waals surface area contributed by atoms with E-state index in [4.69, 9.17) is 0 Å². The Bertz CT molecular complexity index is 569. The monoisotopic (exact) mass is 303 g/mol. The van der Waals surface area contributed by atoms with Crippen molar-refractivity contribution in [2.75, 3.05) is 18.4 Å². The predicted molar refractivity (Wildman–Crippen MR) is 81.2 cm³/mol. The Kier molecular flexibility index (Phi) is 4.22. The first kappa shape index (κ1) is 14.7. The number of piperidine rings is 1. The Morgan fingerprint density at radius 3 is 2.73 bits per heavy atom. The summed E-state index contributed by atoms with van der Waals surface area (Å²) in [6.45, 7) is 3.36. The normalized spacial score (nSPS) is 22.5. The van der Waals surface area contributed by atoms with Gasteiger partial charge in [0.15, 0.2) is 0 Å². The van der Waals surface area contributed by atoms with Crippen LogP contribution in [0.2, 0.25) is 0 Å². The van der Waals surface area contributed by atoms with Crippen LogP contribution in [0.1, 0.15) is 31.4 Å². The van der Waals surface area contributed by atoms with E-state index in [0.29, 0.717) is 32.0 Å². The maximum atomic E-state index is 12.3. The molecule has 1 aromatic rings. The Morgan fingerprint density at radius 1 is 1.32 bits per heavy atom. The van der Waals surface area contributed by atoms with Gasteiger partial charge in [-0.05, 0) is 26.2 Å². The van der Waals surface area contributed by atoms with Crippen molar-refractivity contribution in [2.24, 2.45) is 0 Å². The number of amides is 2. The van der Waals surface area contributed by atoms with Gasteiger partial charge in [0.05, 0.1) is 0 Å². The molecule has 3 heterocycles. The molecule has 118 valence electrons. The third kappa shape index (κ3) is 3.35. The standard InChI is InChI=1S/C15H21N5O2/c1-10-8-13(17-9-16-10)18-11-4-6-20(7-5-11)15(22)12-2-3-14(21)19-12/h8-9,11-12H,2-7H2,1H3,(H,19,21)(H,16,17,18). The number of anilines is 1. The minimum absolute atomic E-state index is 0.0194. The first-order valence-corrected chi connectivity index (χ1v) is 7.75. The maximum Gasteiger partial charge on any atom is 0.245 e. The topological polar surface area (TPSA) is 87.2 Å². The van der Waals surface area contributed by atoms with Crippen molar-refractivity contribution in [1.82, 2.24) is 20.2 Å². The summed E-state index contributed by atoms with van der Waals surface area (Å²) in [5.41, 5.74) is 0.932. The summed E-state index contributed by atoms with van der Waals surface area (Å²) >= 11 is 0. The number of hydrogen-bond donors (Lipinski definition) is 2. The maximum absolute atomic E-state index is 12.3. The molecule has 0 aromatic carbocycles. The zero-order valence-corrected chi connectivity index (χ0v) is 12.7. The highest BCUT2D eigenvalue weighted by Gasteiger charge is 2.32. The summed E-state index contributed by atoms with van der Waals surface area (Å²) in [4.78, 5) is 33.7. The van der Waals surface area contributed by atoms with Gasteiger partial charge in [-0.1, -0.05) is 0 Å². The molecule has 2 N–H and O–H groups in total. The number of hydrogen-bond acceptors (Lipinski definition) is 5. The van der Waals surface area contributed by atoms with Gasteiger partial charge in [-0.2, -0.15) is 0 Å². The van der Waals surface area contributed by atoms with Gasteiger partial charge in [0.25, 0.3) is 0 Å². The molecule has 1 aromatic heterocycles. The van der Waals surface area contributed by atoms with Crippen molar-refractivity contribution in [3.8, 4) is 0 Å². The molecule has 1 unspecified atom stereocenters. The SMILES string of the molecule is Cc1cc(NC2CCN(C(=O)C3CCC(=O)N3)CC2)ncn1. The first-order chi connectivity index (χ1) is 10.6. The number of rotatable bonds is 3. The van der Waals surface area contributed by atoms with E-state index < -0.39 is 0 Å². The van der Waals surface area contributed by atoms with E-state index in [1.165, 1.54) is 0 Å². The fourth-order valence-electron chi connectivity index (χ4n) is 3.01. The average Bonchev–Trinajstić information content (AvgIpc) is 2.94. The van der Waals surface area contributed by atoms with Crippen molar-refractivity contribution in [3.63, 3.8) is 0 Å². The molecular formula is C15H21N5O2. The highest BCUT2D eigenvalue weighted by Crippen LogP contribution is 2.18. The Balaban J connectivity index is 1.50. The third-order valence-electron chi connectivity index (χ3n) is 4.26. The lowest BCUT2D eigenvalue weighted by molar-refractivity contribution is -0.135. The highest BCUT2D eigenvalue weighted by molar-refractivity contribution is 5.90. The van der Waals surface area contributed by atoms with Gasteiger partial charge in [-0.15, -0.1) is 0 Å². The molecule has 7 heteroatoms. The number of aryl methyl sites for hydroxylation is 1. The predicted octanol–water partition coefficient (Wildman–Crippen LogP) is 0.467. The van der Waals surface area contributed by atoms with Gasteiger partial charge in [0.2, 0.25) is 11.8 Å². The zero-order valence-electron chi connectivity index (χ0n) is 12.7. The molecule has 0 spiro atoms. The number of carbonyl (C=O) groups is 2. The minimum Gasteiger partial charge on any atom is -0.367 e. The van der Waals surface area contributed by atoms with Crippen LogP contribution < -0.4 is 10.6 Å². The van der Waals surface area contributed by atoms with Gasteiger partial charge >= 0.3 is 0 Å². The van der Waals surface area contributed by atoms with Gasteiger partial charge in [-0.3, -0.25) is 9.59 Å². The van der Waals surface area contributed by atoms with Crippen LogP contribution in [0.3, 0.4) is 0 Å². The molecule has 3 rings (SSSR count). The van der Waals surface area contributed by atoms with Crippen LogP contribution in [-0.4, -0.2) is 51.9 Å². The van der Waals surface area contributed by atoms with Crippen LogP contribution in [0.25, 0.3) is 0 Å². The summed E-state index contributed by atoms with van der Waals surface area (Å²) in [6, 6.07) is 1.92. The van der Waals surface area contributed by atoms with Gasteiger partial charge in [0, 0.05) is 37.3 Å². The lowest BCUT2D eigenvalue weighted by atomic mass is 10.0. The quantitative estimate of drug-likeness (QED) is 0.847. The molecule has 7 nitrogen and oxygen atoms in total. The van der Waals surface area contributed by atoms with E-state index in [9.17, 15) is 9.59 Å². The average molecular weight is 303 g/mol. The number of nitrogens with one attached hydrogen (secondary N) is 2. The Morgan fingerprint density at radius 2 is 2.09 bits per heavy atom. The largest absolute Gasteiger partial charge is 0.367 e. The summed E-state index contributed by atoms with van der Waals surface area (Å²) in [7, 11) is 0. The first-order valence-electron chi connectivity index (χ1n) is 7.75. The lowest BCUT2D eigenvalue weighted by Gasteiger charge is -2.34. The number of aromatic nitrogens is 2. The summed E-state index contributed by atoms with van der Waals surface area (Å²) in [5.74, 6) is 0.872. The van der Waals surface area contributed by atoms with Crippen LogP contribution in [0.15, 0.2) is 12.4 Å². The molecule has 0 bridgehead atoms. The van der Waals surface area contributed by atoms with E-state index in [2.05, 4.69) is 20.6 Å². The summed E-state index contributed by atoms with van der Waals surface area (Å²) < 4.78 is 0. The molecule has 2 aliphatic heterocycles. The molecular weight excluding hydrogens is 282 g/mol. The van der Waals surface area contributed by atoms with Gasteiger partial charge in [0.1, 0.15) is 18.2 Å². The van der Waals surface area contributed by atoms with Crippen LogP contribution in [-0.2, 0) is 9.59 Å².